The summed E-state index contributed by atoms with van der Waals surface area (Å²) in [5.74, 6) is 0. The molecule has 1 fully saturated rings. The molecule has 0 heterocycles. The molecule has 4 heteroatoms. The number of carbonyl (C=O) groups is 1. The molecule has 1 aliphatic carbocycles. The van der Waals surface area contributed by atoms with E-state index >= 15 is 0 Å². The molecule has 1 aliphatic rings. The lowest BCUT2D eigenvalue weighted by molar-refractivity contribution is 0.0800. The highest BCUT2D eigenvalue weighted by Crippen LogP contribution is 2.38. The Bertz CT molecular complexity index is 191. The lowest BCUT2D eigenvalue weighted by Gasteiger charge is -2.50. The second-order valence-electron chi connectivity index (χ2n) is 3.94. The molecule has 2 unspecified atom stereocenters. The smallest absolute Gasteiger partial charge is 0.314 e. The van der Waals surface area contributed by atoms with E-state index in [4.69, 9.17) is 5.73 Å². The highest BCUT2D eigenvalue weighted by molar-refractivity contribution is 5.74. The average molecular weight is 171 g/mol. The third-order valence-electron chi connectivity index (χ3n) is 2.88. The quantitative estimate of drug-likeness (QED) is 0.521. The molecule has 2 atom stereocenters. The zero-order valence-electron chi connectivity index (χ0n) is 7.85. The molecule has 0 bridgehead atoms. The molecule has 12 heavy (non-hydrogen) atoms. The molecule has 4 nitrogen and oxygen atoms in total. The van der Waals surface area contributed by atoms with Gasteiger partial charge in [0.2, 0.25) is 0 Å². The van der Waals surface area contributed by atoms with Crippen molar-refractivity contribution in [2.45, 2.75) is 32.4 Å². The van der Waals surface area contributed by atoms with Gasteiger partial charge in [-0.3, -0.25) is 0 Å². The number of hydrogen-bond donors (Lipinski definition) is 3. The Morgan fingerprint density at radius 2 is 2.17 bits per heavy atom. The van der Waals surface area contributed by atoms with E-state index in [1.165, 1.54) is 0 Å². The molecule has 0 aliphatic heterocycles. The Morgan fingerprint density at radius 1 is 1.58 bits per heavy atom. The van der Waals surface area contributed by atoms with Gasteiger partial charge in [0.05, 0.1) is 0 Å². The molecule has 4 N–H and O–H groups in total. The van der Waals surface area contributed by atoms with Gasteiger partial charge in [0, 0.05) is 24.5 Å². The SMILES string of the molecule is CNC(=O)NC1CC(N)C1(C)C. The van der Waals surface area contributed by atoms with Crippen LogP contribution in [0.25, 0.3) is 0 Å². The van der Waals surface area contributed by atoms with Gasteiger partial charge in [0.15, 0.2) is 0 Å². The van der Waals surface area contributed by atoms with Crippen molar-refractivity contribution in [1.82, 2.24) is 10.6 Å². The molecule has 70 valence electrons. The molecular formula is C8H17N3O. The number of nitrogens with two attached hydrogens (primary N) is 1. The van der Waals surface area contributed by atoms with Gasteiger partial charge in [-0.2, -0.15) is 0 Å². The van der Waals surface area contributed by atoms with E-state index < -0.39 is 0 Å². The molecular weight excluding hydrogens is 154 g/mol. The fourth-order valence-corrected chi connectivity index (χ4v) is 1.43. The maximum Gasteiger partial charge on any atom is 0.314 e. The van der Waals surface area contributed by atoms with Crippen molar-refractivity contribution in [3.05, 3.63) is 0 Å². The third-order valence-corrected chi connectivity index (χ3v) is 2.88. The van der Waals surface area contributed by atoms with Crippen molar-refractivity contribution >= 4 is 6.03 Å². The second kappa shape index (κ2) is 2.94. The number of carbonyl (C=O) groups excluding carboxylic acids is 1. The molecule has 0 spiro atoms. The minimum Gasteiger partial charge on any atom is -0.341 e. The largest absolute Gasteiger partial charge is 0.341 e. The van der Waals surface area contributed by atoms with Gasteiger partial charge < -0.3 is 16.4 Å². The summed E-state index contributed by atoms with van der Waals surface area (Å²) in [5.41, 5.74) is 5.83. The molecule has 0 aromatic heterocycles. The normalized spacial score (nSPS) is 32.0. The van der Waals surface area contributed by atoms with Gasteiger partial charge in [-0.15, -0.1) is 0 Å². The van der Waals surface area contributed by atoms with Gasteiger partial charge >= 0.3 is 6.03 Å². The molecule has 0 saturated heterocycles. The summed E-state index contributed by atoms with van der Waals surface area (Å²) < 4.78 is 0. The fraction of sp³-hybridized carbons (Fsp3) is 0.875. The van der Waals surface area contributed by atoms with E-state index in [9.17, 15) is 4.79 Å². The first kappa shape index (κ1) is 9.32. The summed E-state index contributed by atoms with van der Waals surface area (Å²) in [6.07, 6.45) is 0.875. The number of amides is 2. The van der Waals surface area contributed by atoms with Crippen LogP contribution < -0.4 is 16.4 Å². The van der Waals surface area contributed by atoms with Crippen molar-refractivity contribution in [3.63, 3.8) is 0 Å². The van der Waals surface area contributed by atoms with E-state index in [0.29, 0.717) is 0 Å². The van der Waals surface area contributed by atoms with Crippen LogP contribution >= 0.6 is 0 Å². The maximum absolute atomic E-state index is 10.9. The van der Waals surface area contributed by atoms with Crippen LogP contribution in [0.5, 0.6) is 0 Å². The van der Waals surface area contributed by atoms with E-state index in [0.717, 1.165) is 6.42 Å². The van der Waals surface area contributed by atoms with Crippen molar-refractivity contribution in [2.75, 3.05) is 7.05 Å². The van der Waals surface area contributed by atoms with Gasteiger partial charge in [0.1, 0.15) is 0 Å². The van der Waals surface area contributed by atoms with Gasteiger partial charge in [-0.25, -0.2) is 4.79 Å². The van der Waals surface area contributed by atoms with Gasteiger partial charge in [0.25, 0.3) is 0 Å². The van der Waals surface area contributed by atoms with Crippen molar-refractivity contribution in [1.29, 1.82) is 0 Å². The van der Waals surface area contributed by atoms with Crippen LogP contribution in [0.15, 0.2) is 0 Å². The average Bonchev–Trinajstić information content (AvgIpc) is 2.03. The molecule has 0 aromatic rings. The van der Waals surface area contributed by atoms with Crippen molar-refractivity contribution in [2.24, 2.45) is 11.1 Å². The van der Waals surface area contributed by atoms with Crippen molar-refractivity contribution in [3.8, 4) is 0 Å². The van der Waals surface area contributed by atoms with Crippen LogP contribution in [0, 0.1) is 5.41 Å². The zero-order chi connectivity index (χ0) is 9.35. The van der Waals surface area contributed by atoms with Crippen LogP contribution in [0.2, 0.25) is 0 Å². The van der Waals surface area contributed by atoms with Gasteiger partial charge in [-0.05, 0) is 6.42 Å². The van der Waals surface area contributed by atoms with Crippen LogP contribution in [0.1, 0.15) is 20.3 Å². The summed E-state index contributed by atoms with van der Waals surface area (Å²) in [7, 11) is 1.61. The Balaban J connectivity index is 2.42. The maximum atomic E-state index is 10.9. The molecule has 2 amide bonds. The first-order valence-electron chi connectivity index (χ1n) is 4.22. The zero-order valence-corrected chi connectivity index (χ0v) is 7.85. The molecule has 0 aromatic carbocycles. The van der Waals surface area contributed by atoms with Crippen molar-refractivity contribution < 1.29 is 4.79 Å². The first-order valence-corrected chi connectivity index (χ1v) is 4.22. The second-order valence-corrected chi connectivity index (χ2v) is 3.94. The van der Waals surface area contributed by atoms with Gasteiger partial charge in [-0.1, -0.05) is 13.8 Å². The lowest BCUT2D eigenvalue weighted by atomic mass is 9.63. The molecule has 0 radical (unpaired) electrons. The third kappa shape index (κ3) is 1.39. The predicted octanol–water partition coefficient (Wildman–Crippen LogP) is 0.0412. The summed E-state index contributed by atoms with van der Waals surface area (Å²) in [4.78, 5) is 10.9. The fourth-order valence-electron chi connectivity index (χ4n) is 1.43. The minimum absolute atomic E-state index is 0.0342. The summed E-state index contributed by atoms with van der Waals surface area (Å²) in [6, 6.07) is 0.298. The number of hydrogen-bond acceptors (Lipinski definition) is 2. The van der Waals surface area contributed by atoms with Crippen LogP contribution in [-0.4, -0.2) is 25.2 Å². The summed E-state index contributed by atoms with van der Waals surface area (Å²) >= 11 is 0. The Morgan fingerprint density at radius 3 is 2.50 bits per heavy atom. The van der Waals surface area contributed by atoms with E-state index in [1.54, 1.807) is 7.05 Å². The monoisotopic (exact) mass is 171 g/mol. The summed E-state index contributed by atoms with van der Waals surface area (Å²) in [6.45, 7) is 4.14. The van der Waals surface area contributed by atoms with Crippen LogP contribution in [-0.2, 0) is 0 Å². The number of urea groups is 1. The predicted molar refractivity (Wildman–Crippen MR) is 47.8 cm³/mol. The highest BCUT2D eigenvalue weighted by Gasteiger charge is 2.46. The molecule has 1 rings (SSSR count). The molecule has 1 saturated carbocycles. The topological polar surface area (TPSA) is 67.2 Å². The highest BCUT2D eigenvalue weighted by atomic mass is 16.2. The van der Waals surface area contributed by atoms with E-state index in [1.807, 2.05) is 0 Å². The standard InChI is InChI=1S/C8H17N3O/c1-8(2)5(9)4-6(8)11-7(12)10-3/h5-6H,4,9H2,1-3H3,(H2,10,11,12). The minimum atomic E-state index is -0.125. The van der Waals surface area contributed by atoms with Crippen LogP contribution in [0.4, 0.5) is 4.79 Å². The Kier molecular flexibility index (Phi) is 2.28. The lowest BCUT2D eigenvalue weighted by Crippen LogP contribution is -2.65. The summed E-state index contributed by atoms with van der Waals surface area (Å²) in [5, 5.41) is 5.38. The van der Waals surface area contributed by atoms with E-state index in [2.05, 4.69) is 24.5 Å². The number of rotatable bonds is 1. The number of nitrogens with one attached hydrogen (secondary N) is 2. The first-order chi connectivity index (χ1) is 5.48. The Labute approximate surface area is 72.9 Å². The Hall–Kier alpha value is -0.770. The van der Waals surface area contributed by atoms with Crippen LogP contribution in [0.3, 0.4) is 0 Å². The van der Waals surface area contributed by atoms with E-state index in [-0.39, 0.29) is 23.5 Å².